The number of aromatic nitrogens is 1. The Balaban J connectivity index is 0.00000320. The Morgan fingerprint density at radius 1 is 1.17 bits per heavy atom. The summed E-state index contributed by atoms with van der Waals surface area (Å²) in [5, 5.41) is 7.56. The highest BCUT2D eigenvalue weighted by molar-refractivity contribution is 14.0. The standard InChI is InChI=1S/C20H29N5O2S2.HI/c1-4-21-20(23-14-19-24-15(2)16(3)28-19)22-13-17-7-9-18(10-8-17)29(26,27)25-11-5-6-12-25;/h7-10H,4-6,11-14H2,1-3H3,(H2,21,22,23);1H. The minimum absolute atomic E-state index is 0. The second kappa shape index (κ2) is 11.4. The lowest BCUT2D eigenvalue weighted by molar-refractivity contribution is 0.477. The molecule has 1 aromatic heterocycles. The van der Waals surface area contributed by atoms with E-state index < -0.39 is 10.0 Å². The average molecular weight is 564 g/mol. The number of thiazole rings is 1. The zero-order valence-electron chi connectivity index (χ0n) is 17.6. The maximum Gasteiger partial charge on any atom is 0.243 e. The number of aryl methyl sites for hydroxylation is 2. The molecule has 1 saturated heterocycles. The maximum atomic E-state index is 12.6. The van der Waals surface area contributed by atoms with Gasteiger partial charge in [0.05, 0.1) is 23.7 Å². The molecule has 7 nitrogen and oxygen atoms in total. The van der Waals surface area contributed by atoms with Crippen molar-refractivity contribution in [2.45, 2.75) is 51.6 Å². The Morgan fingerprint density at radius 2 is 1.83 bits per heavy atom. The first-order valence-corrected chi connectivity index (χ1v) is 12.2. The van der Waals surface area contributed by atoms with Crippen molar-refractivity contribution in [2.24, 2.45) is 4.99 Å². The van der Waals surface area contributed by atoms with Crippen LogP contribution < -0.4 is 10.6 Å². The summed E-state index contributed by atoms with van der Waals surface area (Å²) >= 11 is 1.69. The first-order valence-electron chi connectivity index (χ1n) is 9.94. The normalized spacial score (nSPS) is 15.1. The van der Waals surface area contributed by atoms with Gasteiger partial charge in [-0.2, -0.15) is 4.31 Å². The highest BCUT2D eigenvalue weighted by Crippen LogP contribution is 2.21. The Hall–Kier alpha value is -1.24. The van der Waals surface area contributed by atoms with Gasteiger partial charge in [0.2, 0.25) is 10.0 Å². The van der Waals surface area contributed by atoms with Gasteiger partial charge in [-0.05, 0) is 51.3 Å². The number of hydrogen-bond acceptors (Lipinski definition) is 5. The number of aliphatic imine (C=N–C) groups is 1. The van der Waals surface area contributed by atoms with Crippen molar-refractivity contribution in [1.82, 2.24) is 19.9 Å². The molecular weight excluding hydrogens is 533 g/mol. The molecular formula is C20H30IN5O2S2. The van der Waals surface area contributed by atoms with Crippen molar-refractivity contribution in [3.05, 3.63) is 45.4 Å². The number of hydrogen-bond donors (Lipinski definition) is 2. The summed E-state index contributed by atoms with van der Waals surface area (Å²) in [5.74, 6) is 0.715. The third kappa shape index (κ3) is 6.38. The van der Waals surface area contributed by atoms with Gasteiger partial charge in [0.15, 0.2) is 5.96 Å². The summed E-state index contributed by atoms with van der Waals surface area (Å²) < 4.78 is 26.8. The molecule has 1 aliphatic heterocycles. The molecule has 0 radical (unpaired) electrons. The third-order valence-electron chi connectivity index (χ3n) is 4.87. The van der Waals surface area contributed by atoms with Crippen molar-refractivity contribution in [3.63, 3.8) is 0 Å². The number of guanidine groups is 1. The molecule has 2 aromatic rings. The van der Waals surface area contributed by atoms with E-state index >= 15 is 0 Å². The predicted octanol–water partition coefficient (Wildman–Crippen LogP) is 3.42. The molecule has 0 atom stereocenters. The van der Waals surface area contributed by atoms with Crippen LogP contribution in [0.5, 0.6) is 0 Å². The fourth-order valence-corrected chi connectivity index (χ4v) is 5.52. The molecule has 1 aliphatic rings. The van der Waals surface area contributed by atoms with Crippen molar-refractivity contribution in [1.29, 1.82) is 0 Å². The van der Waals surface area contributed by atoms with Gasteiger partial charge < -0.3 is 10.6 Å². The van der Waals surface area contributed by atoms with Gasteiger partial charge in [-0.15, -0.1) is 35.3 Å². The Labute approximate surface area is 200 Å². The summed E-state index contributed by atoms with van der Waals surface area (Å²) in [6, 6.07) is 7.03. The van der Waals surface area contributed by atoms with Gasteiger partial charge in [-0.25, -0.2) is 18.4 Å². The van der Waals surface area contributed by atoms with E-state index in [9.17, 15) is 8.42 Å². The van der Waals surface area contributed by atoms with Crippen molar-refractivity contribution in [2.75, 3.05) is 19.6 Å². The molecule has 0 unspecified atom stereocenters. The molecule has 0 spiro atoms. The Kier molecular flexibility index (Phi) is 9.51. The molecule has 166 valence electrons. The molecule has 0 amide bonds. The van der Waals surface area contributed by atoms with E-state index in [0.717, 1.165) is 35.7 Å². The number of nitrogens with one attached hydrogen (secondary N) is 2. The molecule has 3 rings (SSSR count). The quantitative estimate of drug-likeness (QED) is 0.307. The lowest BCUT2D eigenvalue weighted by Gasteiger charge is -2.15. The second-order valence-electron chi connectivity index (χ2n) is 7.05. The van der Waals surface area contributed by atoms with Gasteiger partial charge in [0, 0.05) is 24.5 Å². The van der Waals surface area contributed by atoms with Crippen LogP contribution in [-0.4, -0.2) is 43.3 Å². The number of rotatable bonds is 7. The lowest BCUT2D eigenvalue weighted by Crippen LogP contribution is -2.36. The zero-order chi connectivity index (χ0) is 20.9. The van der Waals surface area contributed by atoms with Gasteiger partial charge in [0.1, 0.15) is 5.01 Å². The summed E-state index contributed by atoms with van der Waals surface area (Å²) in [4.78, 5) is 10.7. The van der Waals surface area contributed by atoms with Crippen LogP contribution in [0.3, 0.4) is 0 Å². The molecule has 30 heavy (non-hydrogen) atoms. The van der Waals surface area contributed by atoms with Crippen LogP contribution in [0.2, 0.25) is 0 Å². The average Bonchev–Trinajstić information content (AvgIpc) is 3.35. The van der Waals surface area contributed by atoms with E-state index in [1.807, 2.05) is 26.0 Å². The van der Waals surface area contributed by atoms with Crippen LogP contribution in [-0.2, 0) is 23.1 Å². The van der Waals surface area contributed by atoms with E-state index in [4.69, 9.17) is 0 Å². The minimum atomic E-state index is -3.37. The van der Waals surface area contributed by atoms with Crippen LogP contribution in [0.15, 0.2) is 34.2 Å². The van der Waals surface area contributed by atoms with E-state index in [2.05, 4.69) is 27.5 Å². The predicted molar refractivity (Wildman–Crippen MR) is 133 cm³/mol. The fourth-order valence-electron chi connectivity index (χ4n) is 3.13. The lowest BCUT2D eigenvalue weighted by atomic mass is 10.2. The van der Waals surface area contributed by atoms with Gasteiger partial charge in [0.25, 0.3) is 0 Å². The smallest absolute Gasteiger partial charge is 0.243 e. The number of halogens is 1. The largest absolute Gasteiger partial charge is 0.357 e. The highest BCUT2D eigenvalue weighted by Gasteiger charge is 2.26. The number of benzene rings is 1. The molecule has 1 aromatic carbocycles. The van der Waals surface area contributed by atoms with Gasteiger partial charge in [-0.3, -0.25) is 0 Å². The molecule has 0 aliphatic carbocycles. The molecule has 1 fully saturated rings. The van der Waals surface area contributed by atoms with Crippen LogP contribution in [0.25, 0.3) is 0 Å². The fraction of sp³-hybridized carbons (Fsp3) is 0.500. The van der Waals surface area contributed by atoms with Crippen LogP contribution in [0, 0.1) is 13.8 Å². The molecule has 0 bridgehead atoms. The van der Waals surface area contributed by atoms with Crippen molar-refractivity contribution < 1.29 is 8.42 Å². The molecule has 2 heterocycles. The topological polar surface area (TPSA) is 86.7 Å². The summed E-state index contributed by atoms with van der Waals surface area (Å²) in [5.41, 5.74) is 2.03. The van der Waals surface area contributed by atoms with Crippen molar-refractivity contribution >= 4 is 51.3 Å². The van der Waals surface area contributed by atoms with E-state index in [1.165, 1.54) is 4.88 Å². The number of nitrogens with zero attached hydrogens (tertiary/aromatic N) is 3. The Bertz CT molecular complexity index is 933. The first kappa shape index (κ1) is 25.0. The zero-order valence-corrected chi connectivity index (χ0v) is 21.6. The summed E-state index contributed by atoms with van der Waals surface area (Å²) in [7, 11) is -3.37. The minimum Gasteiger partial charge on any atom is -0.357 e. The first-order chi connectivity index (χ1) is 13.9. The summed E-state index contributed by atoms with van der Waals surface area (Å²) in [6.07, 6.45) is 1.87. The SMILES string of the molecule is CCNC(=NCc1ccc(S(=O)(=O)N2CCCC2)cc1)NCc1nc(C)c(C)s1.I. The van der Waals surface area contributed by atoms with Gasteiger partial charge >= 0.3 is 0 Å². The van der Waals surface area contributed by atoms with Crippen LogP contribution in [0.1, 0.15) is 40.9 Å². The van der Waals surface area contributed by atoms with E-state index in [-0.39, 0.29) is 24.0 Å². The van der Waals surface area contributed by atoms with Crippen LogP contribution in [0.4, 0.5) is 0 Å². The number of sulfonamides is 1. The monoisotopic (exact) mass is 563 g/mol. The second-order valence-corrected chi connectivity index (χ2v) is 10.3. The maximum absolute atomic E-state index is 12.6. The highest BCUT2D eigenvalue weighted by atomic mass is 127. The Morgan fingerprint density at radius 3 is 2.40 bits per heavy atom. The van der Waals surface area contributed by atoms with Crippen LogP contribution >= 0.6 is 35.3 Å². The molecule has 0 saturated carbocycles. The molecule has 2 N–H and O–H groups in total. The van der Waals surface area contributed by atoms with Crippen molar-refractivity contribution in [3.8, 4) is 0 Å². The van der Waals surface area contributed by atoms with E-state index in [1.54, 1.807) is 27.8 Å². The van der Waals surface area contributed by atoms with E-state index in [0.29, 0.717) is 37.0 Å². The third-order valence-corrected chi connectivity index (χ3v) is 7.86. The summed E-state index contributed by atoms with van der Waals surface area (Å²) in [6.45, 7) is 9.19. The molecule has 10 heteroatoms. The van der Waals surface area contributed by atoms with Gasteiger partial charge in [-0.1, -0.05) is 12.1 Å².